The van der Waals surface area contributed by atoms with Gasteiger partial charge in [-0.1, -0.05) is 54.2 Å². The second-order valence-electron chi connectivity index (χ2n) is 7.85. The lowest BCUT2D eigenvalue weighted by atomic mass is 9.82. The molecular formula is C25H21FN4O4S. The minimum atomic E-state index is -1.00. The first kappa shape index (κ1) is 24.0. The number of fused-ring (bicyclic) bond motifs is 1. The molecule has 1 fully saturated rings. The van der Waals surface area contributed by atoms with Gasteiger partial charge in [-0.05, 0) is 23.3 Å². The number of methoxy groups -OCH3 is 1. The summed E-state index contributed by atoms with van der Waals surface area (Å²) >= 11 is 1.00. The van der Waals surface area contributed by atoms with Gasteiger partial charge >= 0.3 is 5.97 Å². The first-order valence-electron chi connectivity index (χ1n) is 10.6. The van der Waals surface area contributed by atoms with Crippen LogP contribution in [0, 0.1) is 17.1 Å². The maximum absolute atomic E-state index is 14.2. The highest BCUT2D eigenvalue weighted by Crippen LogP contribution is 2.49. The lowest BCUT2D eigenvalue weighted by Crippen LogP contribution is -2.40. The van der Waals surface area contributed by atoms with Gasteiger partial charge in [0.15, 0.2) is 0 Å². The van der Waals surface area contributed by atoms with E-state index in [2.05, 4.69) is 5.32 Å². The first-order valence-corrected chi connectivity index (χ1v) is 11.5. The zero-order chi connectivity index (χ0) is 25.1. The molecule has 1 saturated heterocycles. The number of carbonyl (C=O) groups is 3. The number of halogens is 1. The van der Waals surface area contributed by atoms with E-state index in [0.717, 1.165) is 22.2 Å². The number of nitriles is 1. The second kappa shape index (κ2) is 10.0. The van der Waals surface area contributed by atoms with Crippen LogP contribution in [0.3, 0.4) is 0 Å². The summed E-state index contributed by atoms with van der Waals surface area (Å²) in [5, 5.41) is 12.1. The van der Waals surface area contributed by atoms with Crippen molar-refractivity contribution < 1.29 is 23.5 Å². The lowest BCUT2D eigenvalue weighted by molar-refractivity contribution is -0.142. The molecule has 2 unspecified atom stereocenters. The van der Waals surface area contributed by atoms with Gasteiger partial charge in [0.1, 0.15) is 16.9 Å². The quantitative estimate of drug-likeness (QED) is 0.594. The van der Waals surface area contributed by atoms with Crippen molar-refractivity contribution in [2.75, 3.05) is 7.11 Å². The molecule has 0 bridgehead atoms. The van der Waals surface area contributed by atoms with Gasteiger partial charge in [-0.2, -0.15) is 5.26 Å². The maximum Gasteiger partial charge on any atom is 0.307 e. The van der Waals surface area contributed by atoms with Crippen LogP contribution in [0.2, 0.25) is 0 Å². The zero-order valence-electron chi connectivity index (χ0n) is 18.7. The van der Waals surface area contributed by atoms with E-state index in [1.54, 1.807) is 6.07 Å². The average Bonchev–Trinajstić information content (AvgIpc) is 3.18. The Morgan fingerprint density at radius 1 is 1.23 bits per heavy atom. The Hall–Kier alpha value is -4.10. The van der Waals surface area contributed by atoms with Crippen LogP contribution in [0.25, 0.3) is 0 Å². The molecule has 2 aliphatic heterocycles. The van der Waals surface area contributed by atoms with Crippen molar-refractivity contribution in [3.05, 3.63) is 93.5 Å². The highest BCUT2D eigenvalue weighted by Gasteiger charge is 2.48. The molecule has 2 aromatic rings. The summed E-state index contributed by atoms with van der Waals surface area (Å²) in [6.07, 6.45) is -0.237. The fourth-order valence-electron chi connectivity index (χ4n) is 4.04. The summed E-state index contributed by atoms with van der Waals surface area (Å²) in [5.41, 5.74) is 7.47. The molecule has 178 valence electrons. The Labute approximate surface area is 205 Å². The molecule has 2 aromatic carbocycles. The number of hydrogen-bond donors (Lipinski definition) is 2. The summed E-state index contributed by atoms with van der Waals surface area (Å²) in [4.78, 5) is 39.7. The van der Waals surface area contributed by atoms with Gasteiger partial charge < -0.3 is 15.8 Å². The van der Waals surface area contributed by atoms with Crippen molar-refractivity contribution in [3.8, 4) is 6.07 Å². The molecule has 0 saturated carbocycles. The van der Waals surface area contributed by atoms with E-state index in [4.69, 9.17) is 10.5 Å². The van der Waals surface area contributed by atoms with Crippen LogP contribution in [-0.4, -0.2) is 35.0 Å². The van der Waals surface area contributed by atoms with Crippen molar-refractivity contribution in [1.82, 2.24) is 10.2 Å². The molecule has 8 nitrogen and oxygen atoms in total. The van der Waals surface area contributed by atoms with Gasteiger partial charge in [0.25, 0.3) is 5.91 Å². The minimum absolute atomic E-state index is 0.0584. The molecule has 4 rings (SSSR count). The molecule has 2 aliphatic rings. The highest BCUT2D eigenvalue weighted by atomic mass is 32.2. The van der Waals surface area contributed by atoms with Crippen LogP contribution < -0.4 is 11.1 Å². The molecule has 3 N–H and O–H groups in total. The van der Waals surface area contributed by atoms with E-state index in [0.29, 0.717) is 5.56 Å². The molecule has 35 heavy (non-hydrogen) atoms. The Bertz CT molecular complexity index is 1300. The molecule has 0 aromatic heterocycles. The van der Waals surface area contributed by atoms with E-state index in [-0.39, 0.29) is 35.0 Å². The largest absolute Gasteiger partial charge is 0.469 e. The summed E-state index contributed by atoms with van der Waals surface area (Å²) in [6, 6.07) is 16.7. The summed E-state index contributed by atoms with van der Waals surface area (Å²) < 4.78 is 18.8. The van der Waals surface area contributed by atoms with Crippen LogP contribution in [0.4, 0.5) is 4.39 Å². The van der Waals surface area contributed by atoms with E-state index >= 15 is 0 Å². The number of thioether (sulfide) groups is 1. The molecular weight excluding hydrogens is 471 g/mol. The Kier molecular flexibility index (Phi) is 6.89. The van der Waals surface area contributed by atoms with Crippen LogP contribution in [0.15, 0.2) is 76.6 Å². The molecule has 0 aliphatic carbocycles. The van der Waals surface area contributed by atoms with Crippen molar-refractivity contribution in [2.45, 2.75) is 24.1 Å². The molecule has 2 amide bonds. The third-order valence-electron chi connectivity index (χ3n) is 5.70. The monoisotopic (exact) mass is 492 g/mol. The maximum atomic E-state index is 14.2. The number of carbonyl (C=O) groups excluding carboxylic acids is 3. The van der Waals surface area contributed by atoms with E-state index in [1.807, 2.05) is 36.4 Å². The number of rotatable bonds is 6. The molecule has 10 heteroatoms. The van der Waals surface area contributed by atoms with Gasteiger partial charge in [0.2, 0.25) is 5.91 Å². The summed E-state index contributed by atoms with van der Waals surface area (Å²) in [6.45, 7) is 0.192. The number of allylic oxidation sites excluding steroid dienone is 1. The van der Waals surface area contributed by atoms with E-state index < -0.39 is 34.8 Å². The third kappa shape index (κ3) is 4.63. The number of ether oxygens (including phenoxy) is 1. The predicted molar refractivity (Wildman–Crippen MR) is 126 cm³/mol. The van der Waals surface area contributed by atoms with Crippen molar-refractivity contribution >= 4 is 29.5 Å². The molecule has 2 atom stereocenters. The van der Waals surface area contributed by atoms with Crippen molar-refractivity contribution in [3.63, 3.8) is 0 Å². The Morgan fingerprint density at radius 3 is 2.63 bits per heavy atom. The Morgan fingerprint density at radius 2 is 1.97 bits per heavy atom. The van der Waals surface area contributed by atoms with Gasteiger partial charge in [-0.25, -0.2) is 4.39 Å². The normalized spacial score (nSPS) is 19.3. The molecule has 0 radical (unpaired) electrons. The van der Waals surface area contributed by atoms with Crippen molar-refractivity contribution in [1.29, 1.82) is 5.26 Å². The van der Waals surface area contributed by atoms with Crippen LogP contribution in [-0.2, 0) is 25.7 Å². The number of esters is 1. The highest BCUT2D eigenvalue weighted by molar-refractivity contribution is 8.04. The van der Waals surface area contributed by atoms with Gasteiger partial charge in [0.05, 0.1) is 41.7 Å². The number of nitrogens with one attached hydrogen (secondary N) is 1. The third-order valence-corrected chi connectivity index (χ3v) is 6.98. The zero-order valence-corrected chi connectivity index (χ0v) is 19.5. The number of hydrogen-bond acceptors (Lipinski definition) is 7. The van der Waals surface area contributed by atoms with Crippen LogP contribution >= 0.6 is 11.8 Å². The van der Waals surface area contributed by atoms with Crippen LogP contribution in [0.5, 0.6) is 0 Å². The van der Waals surface area contributed by atoms with E-state index in [1.165, 1.54) is 25.3 Å². The lowest BCUT2D eigenvalue weighted by Gasteiger charge is -2.32. The standard InChI is InChI=1S/C25H21FN4O4S/c1-34-19(31)11-18-24(33)30-22(28)17(12-27)20(15-8-5-9-16(26)10-15)21(25(30)35-18)23(32)29-13-14-6-3-2-4-7-14/h2-10,18,20H,11,13,28H2,1H3,(H,29,32). The summed E-state index contributed by atoms with van der Waals surface area (Å²) in [7, 11) is 1.21. The minimum Gasteiger partial charge on any atom is -0.469 e. The topological polar surface area (TPSA) is 126 Å². The fraction of sp³-hybridized carbons (Fsp3) is 0.200. The molecule has 0 spiro atoms. The SMILES string of the molecule is COC(=O)CC1SC2=C(C(=O)NCc3ccccc3)C(c3cccc(F)c3)C(C#N)=C(N)N2C1=O. The van der Waals surface area contributed by atoms with Crippen LogP contribution in [0.1, 0.15) is 23.5 Å². The number of nitrogens with two attached hydrogens (primary N) is 1. The first-order chi connectivity index (χ1) is 16.8. The van der Waals surface area contributed by atoms with Gasteiger partial charge in [0, 0.05) is 6.54 Å². The van der Waals surface area contributed by atoms with Gasteiger partial charge in [-0.15, -0.1) is 0 Å². The predicted octanol–water partition coefficient (Wildman–Crippen LogP) is 2.65. The van der Waals surface area contributed by atoms with Crippen molar-refractivity contribution in [2.24, 2.45) is 5.73 Å². The fourth-order valence-corrected chi connectivity index (χ4v) is 5.36. The summed E-state index contributed by atoms with van der Waals surface area (Å²) in [5.74, 6) is -3.38. The smallest absolute Gasteiger partial charge is 0.307 e. The average molecular weight is 493 g/mol. The van der Waals surface area contributed by atoms with Gasteiger partial charge in [-0.3, -0.25) is 19.3 Å². The number of nitrogens with zero attached hydrogens (tertiary/aromatic N) is 2. The number of benzene rings is 2. The second-order valence-corrected chi connectivity index (χ2v) is 9.04. The Balaban J connectivity index is 1.82. The molecule has 2 heterocycles. The number of amides is 2. The van der Waals surface area contributed by atoms with E-state index in [9.17, 15) is 24.0 Å².